The van der Waals surface area contributed by atoms with Gasteiger partial charge in [0.25, 0.3) is 0 Å². The second kappa shape index (κ2) is 5.64. The lowest BCUT2D eigenvalue weighted by molar-refractivity contribution is 0.636. The lowest BCUT2D eigenvalue weighted by Gasteiger charge is -2.07. The Morgan fingerprint density at radius 3 is 2.96 bits per heavy atom. The molecule has 1 N–H and O–H groups in total. The molecule has 0 spiro atoms. The van der Waals surface area contributed by atoms with Crippen LogP contribution in [0.1, 0.15) is 5.69 Å². The topological polar surface area (TPSA) is 55.1 Å². The molecule has 1 aromatic carbocycles. The minimum atomic E-state index is -0.340. The van der Waals surface area contributed by atoms with Gasteiger partial charge in [-0.2, -0.15) is 0 Å². The van der Waals surface area contributed by atoms with Crippen LogP contribution < -0.4 is 5.32 Å². The van der Waals surface area contributed by atoms with Crippen LogP contribution >= 0.6 is 0 Å². The maximum Gasteiger partial charge on any atom is 0.149 e. The summed E-state index contributed by atoms with van der Waals surface area (Å²) in [6.07, 6.45) is 6.11. The van der Waals surface area contributed by atoms with Gasteiger partial charge in [-0.15, -0.1) is 0 Å². The number of nitrogens with zero attached hydrogens (tertiary/aromatic N) is 4. The molecule has 4 aromatic rings. The number of aromatic nitrogens is 4. The van der Waals surface area contributed by atoms with Crippen LogP contribution in [-0.2, 0) is 6.42 Å². The third-order valence-corrected chi connectivity index (χ3v) is 3.70. The Morgan fingerprint density at radius 1 is 1.09 bits per heavy atom. The lowest BCUT2D eigenvalue weighted by Crippen LogP contribution is -2.07. The molecule has 0 amide bonds. The maximum absolute atomic E-state index is 13.7. The van der Waals surface area contributed by atoms with Crippen molar-refractivity contribution in [1.82, 2.24) is 19.4 Å². The van der Waals surface area contributed by atoms with Gasteiger partial charge in [0.05, 0.1) is 5.69 Å². The average Bonchev–Trinajstić information content (AvgIpc) is 2.98. The highest BCUT2D eigenvalue weighted by atomic mass is 19.1. The van der Waals surface area contributed by atoms with Crippen LogP contribution in [0.3, 0.4) is 0 Å². The normalized spacial score (nSPS) is 11.2. The fraction of sp³-hybridized carbons (Fsp3) is 0.118. The number of rotatable bonds is 4. The number of nitrogens with one attached hydrogen (secondary N) is 1. The number of pyridine rings is 1. The minimum Gasteiger partial charge on any atom is -0.369 e. The average molecular weight is 307 g/mol. The summed E-state index contributed by atoms with van der Waals surface area (Å²) in [4.78, 5) is 12.8. The molecule has 0 aliphatic heterocycles. The molecule has 0 aliphatic carbocycles. The van der Waals surface area contributed by atoms with Crippen molar-refractivity contribution in [1.29, 1.82) is 0 Å². The standard InChI is InChI=1S/C17H14FN5/c18-14-5-3-4-13-16(14)20-11-21-17(13)19-8-7-12-10-23-9-2-1-6-15(23)22-12/h1-6,9-11H,7-8H2,(H,19,20,21). The van der Waals surface area contributed by atoms with Crippen LogP contribution in [0.15, 0.2) is 55.1 Å². The Balaban J connectivity index is 1.52. The summed E-state index contributed by atoms with van der Waals surface area (Å²) in [5.74, 6) is 0.298. The quantitative estimate of drug-likeness (QED) is 0.629. The Hall–Kier alpha value is -3.02. The molecule has 4 rings (SSSR count). The van der Waals surface area contributed by atoms with Crippen LogP contribution in [0.4, 0.5) is 10.2 Å². The van der Waals surface area contributed by atoms with Gasteiger partial charge in [-0.1, -0.05) is 12.1 Å². The molecular formula is C17H14FN5. The largest absolute Gasteiger partial charge is 0.369 e. The monoisotopic (exact) mass is 307 g/mol. The summed E-state index contributed by atoms with van der Waals surface area (Å²) in [5, 5.41) is 3.92. The SMILES string of the molecule is Fc1cccc2c(NCCc3cn4ccccc4n3)ncnc12. The highest BCUT2D eigenvalue weighted by molar-refractivity contribution is 5.89. The third kappa shape index (κ3) is 2.59. The fourth-order valence-corrected chi connectivity index (χ4v) is 2.61. The van der Waals surface area contributed by atoms with E-state index in [2.05, 4.69) is 20.3 Å². The van der Waals surface area contributed by atoms with Crippen molar-refractivity contribution in [3.05, 3.63) is 66.6 Å². The third-order valence-electron chi connectivity index (χ3n) is 3.70. The molecule has 5 nitrogen and oxygen atoms in total. The number of halogens is 1. The van der Waals surface area contributed by atoms with Crippen LogP contribution in [0.25, 0.3) is 16.6 Å². The van der Waals surface area contributed by atoms with E-state index in [1.54, 1.807) is 6.07 Å². The van der Waals surface area contributed by atoms with Crippen molar-refractivity contribution in [2.45, 2.75) is 6.42 Å². The van der Waals surface area contributed by atoms with Crippen molar-refractivity contribution in [2.75, 3.05) is 11.9 Å². The number of hydrogen-bond acceptors (Lipinski definition) is 4. The predicted molar refractivity (Wildman–Crippen MR) is 86.9 cm³/mol. The highest BCUT2D eigenvalue weighted by Crippen LogP contribution is 2.21. The van der Waals surface area contributed by atoms with Gasteiger partial charge in [0.15, 0.2) is 0 Å². The summed E-state index contributed by atoms with van der Waals surface area (Å²) < 4.78 is 15.7. The summed E-state index contributed by atoms with van der Waals surface area (Å²) >= 11 is 0. The van der Waals surface area contributed by atoms with Crippen molar-refractivity contribution < 1.29 is 4.39 Å². The number of hydrogen-bond donors (Lipinski definition) is 1. The molecule has 0 saturated heterocycles. The van der Waals surface area contributed by atoms with Crippen LogP contribution in [-0.4, -0.2) is 25.9 Å². The fourth-order valence-electron chi connectivity index (χ4n) is 2.61. The first-order valence-electron chi connectivity index (χ1n) is 7.37. The van der Waals surface area contributed by atoms with Crippen molar-refractivity contribution in [3.63, 3.8) is 0 Å². The molecule has 0 atom stereocenters. The second-order valence-corrected chi connectivity index (χ2v) is 5.23. The zero-order valence-corrected chi connectivity index (χ0v) is 12.3. The van der Waals surface area contributed by atoms with Gasteiger partial charge in [-0.25, -0.2) is 19.3 Å². The zero-order chi connectivity index (χ0) is 15.6. The smallest absolute Gasteiger partial charge is 0.149 e. The number of benzene rings is 1. The van der Waals surface area contributed by atoms with Gasteiger partial charge in [0, 0.05) is 30.7 Å². The van der Waals surface area contributed by atoms with E-state index in [4.69, 9.17) is 0 Å². The molecule has 3 heterocycles. The Morgan fingerprint density at radius 2 is 2.04 bits per heavy atom. The van der Waals surface area contributed by atoms with E-state index >= 15 is 0 Å². The summed E-state index contributed by atoms with van der Waals surface area (Å²) in [6.45, 7) is 0.659. The molecule has 0 aliphatic rings. The van der Waals surface area contributed by atoms with Gasteiger partial charge >= 0.3 is 0 Å². The van der Waals surface area contributed by atoms with Gasteiger partial charge < -0.3 is 9.72 Å². The van der Waals surface area contributed by atoms with E-state index < -0.39 is 0 Å². The van der Waals surface area contributed by atoms with Crippen LogP contribution in [0, 0.1) is 5.82 Å². The van der Waals surface area contributed by atoms with Gasteiger partial charge in [0.1, 0.15) is 29.1 Å². The van der Waals surface area contributed by atoms with E-state index in [0.29, 0.717) is 23.3 Å². The van der Waals surface area contributed by atoms with Gasteiger partial charge in [-0.3, -0.25) is 0 Å². The first kappa shape index (κ1) is 13.6. The van der Waals surface area contributed by atoms with E-state index in [-0.39, 0.29) is 5.82 Å². The molecule has 0 saturated carbocycles. The Labute approximate surface area is 131 Å². The molecule has 0 fully saturated rings. The first-order chi connectivity index (χ1) is 11.3. The molecule has 0 bridgehead atoms. The molecule has 23 heavy (non-hydrogen) atoms. The molecule has 0 radical (unpaired) electrons. The van der Waals surface area contributed by atoms with Gasteiger partial charge in [-0.05, 0) is 24.3 Å². The number of fused-ring (bicyclic) bond motifs is 2. The number of imidazole rings is 1. The molecule has 6 heteroatoms. The number of para-hydroxylation sites is 1. The Bertz CT molecular complexity index is 946. The molecular weight excluding hydrogens is 293 g/mol. The van der Waals surface area contributed by atoms with E-state index in [1.807, 2.05) is 41.1 Å². The van der Waals surface area contributed by atoms with E-state index in [9.17, 15) is 4.39 Å². The van der Waals surface area contributed by atoms with Crippen molar-refractivity contribution in [3.8, 4) is 0 Å². The minimum absolute atomic E-state index is 0.331. The summed E-state index contributed by atoms with van der Waals surface area (Å²) in [7, 11) is 0. The zero-order valence-electron chi connectivity index (χ0n) is 12.3. The predicted octanol–water partition coefficient (Wildman–Crippen LogP) is 3.07. The van der Waals surface area contributed by atoms with Gasteiger partial charge in [0.2, 0.25) is 0 Å². The lowest BCUT2D eigenvalue weighted by atomic mass is 10.2. The van der Waals surface area contributed by atoms with Crippen LogP contribution in [0.5, 0.6) is 0 Å². The summed E-state index contributed by atoms with van der Waals surface area (Å²) in [6, 6.07) is 10.8. The van der Waals surface area contributed by atoms with E-state index in [1.165, 1.54) is 12.4 Å². The van der Waals surface area contributed by atoms with E-state index in [0.717, 1.165) is 17.8 Å². The Kier molecular flexibility index (Phi) is 3.34. The second-order valence-electron chi connectivity index (χ2n) is 5.23. The van der Waals surface area contributed by atoms with Crippen LogP contribution in [0.2, 0.25) is 0 Å². The molecule has 114 valence electrons. The van der Waals surface area contributed by atoms with Crippen molar-refractivity contribution >= 4 is 22.4 Å². The summed E-state index contributed by atoms with van der Waals surface area (Å²) in [5.41, 5.74) is 2.25. The maximum atomic E-state index is 13.7. The highest BCUT2D eigenvalue weighted by Gasteiger charge is 2.07. The first-order valence-corrected chi connectivity index (χ1v) is 7.37. The van der Waals surface area contributed by atoms with Crippen molar-refractivity contribution in [2.24, 2.45) is 0 Å². The molecule has 3 aromatic heterocycles. The number of anilines is 1. The molecule has 0 unspecified atom stereocenters.